The molecule has 476 valence electrons. The van der Waals surface area contributed by atoms with Crippen LogP contribution in [-0.2, 0) is 26.3 Å². The summed E-state index contributed by atoms with van der Waals surface area (Å²) in [5.41, 5.74) is 15.5. The zero-order valence-electron chi connectivity index (χ0n) is 54.6. The lowest BCUT2D eigenvalue weighted by Gasteiger charge is -2.73. The van der Waals surface area contributed by atoms with Crippen molar-refractivity contribution in [2.75, 3.05) is 26.2 Å². The number of carbonyl (C=O) groups excluding carboxylic acids is 2. The van der Waals surface area contributed by atoms with Crippen molar-refractivity contribution in [3.8, 4) is 0 Å². The van der Waals surface area contributed by atoms with Crippen molar-refractivity contribution in [1.29, 1.82) is 0 Å². The minimum atomic E-state index is -1.17. The minimum Gasteiger partial charge on any atom is -0.509 e. The maximum Gasteiger partial charge on any atom is 0.339 e. The van der Waals surface area contributed by atoms with Crippen LogP contribution < -0.4 is 5.73 Å². The molecular weight excluding hydrogens is 1090 g/mol. The Bertz CT molecular complexity index is 3370. The van der Waals surface area contributed by atoms with Crippen LogP contribution in [0.3, 0.4) is 0 Å². The topological polar surface area (TPSA) is 105 Å². The summed E-state index contributed by atoms with van der Waals surface area (Å²) in [6.45, 7) is 9.14. The van der Waals surface area contributed by atoms with Gasteiger partial charge in [0.1, 0.15) is 11.2 Å². The van der Waals surface area contributed by atoms with Crippen molar-refractivity contribution in [3.05, 3.63) is 92.6 Å². The lowest BCUT2D eigenvalue weighted by molar-refractivity contribution is -0.283. The van der Waals surface area contributed by atoms with Gasteiger partial charge in [-0.15, -0.1) is 0 Å². The molecule has 22 unspecified atom stereocenters. The van der Waals surface area contributed by atoms with Crippen LogP contribution in [0.25, 0.3) is 0 Å². The van der Waals surface area contributed by atoms with E-state index in [2.05, 4.69) is 60.1 Å². The molecule has 8 nitrogen and oxygen atoms in total. The first kappa shape index (κ1) is 55.8. The van der Waals surface area contributed by atoms with E-state index in [1.807, 2.05) is 0 Å². The second-order valence-corrected chi connectivity index (χ2v) is 36.1. The molecule has 17 bridgehead atoms. The highest BCUT2D eigenvalue weighted by Crippen LogP contribution is 2.89. The fraction of sp³-hybridized carbons (Fsp3) is 0.778. The van der Waals surface area contributed by atoms with E-state index in [0.717, 1.165) is 80.3 Å². The largest absolute Gasteiger partial charge is 0.509 e. The molecule has 11 fully saturated rings. The maximum absolute atomic E-state index is 17.4. The SMILES string of the molecule is CC1CCCC2=CC3CC4C(C)CC5=C6C4C4=C3C37C(=O)OC(=C(O)CC(C8CC9(CCCC9)C9(CCCC9%10CCCC%10)C8)N8CC9CC(C8)C(CC5)N6C9)C3(CC4)C3(OC(=O)c4c(CCCN)cccc43)C7CC2C2CCCC3(CCC4C(C=CC43)C1)C2. The molecule has 9 heterocycles. The zero-order chi connectivity index (χ0) is 59.3. The smallest absolute Gasteiger partial charge is 0.339 e. The fourth-order valence-electron chi connectivity index (χ4n) is 31.1. The lowest BCUT2D eigenvalue weighted by atomic mass is 9.27. The Hall–Kier alpha value is -3.62. The van der Waals surface area contributed by atoms with Gasteiger partial charge in [0.15, 0.2) is 11.4 Å². The highest BCUT2D eigenvalue weighted by Gasteiger charge is 2.94. The van der Waals surface area contributed by atoms with E-state index >= 15 is 9.59 Å². The zero-order valence-corrected chi connectivity index (χ0v) is 54.6. The van der Waals surface area contributed by atoms with E-state index in [0.29, 0.717) is 112 Å². The van der Waals surface area contributed by atoms with E-state index in [9.17, 15) is 5.11 Å². The number of nitrogens with zero attached hydrogens (tertiary/aromatic N) is 2. The number of nitrogens with two attached hydrogens (primary N) is 1. The molecule has 0 amide bonds. The number of hydrogen-bond acceptors (Lipinski definition) is 8. The van der Waals surface area contributed by atoms with Gasteiger partial charge in [0, 0.05) is 61.2 Å². The summed E-state index contributed by atoms with van der Waals surface area (Å²) < 4.78 is 15.4. The summed E-state index contributed by atoms with van der Waals surface area (Å²) >= 11 is 0. The van der Waals surface area contributed by atoms with Crippen molar-refractivity contribution in [3.63, 3.8) is 0 Å². The number of aliphatic hydroxyl groups is 1. The molecule has 13 aliphatic carbocycles. The number of fused-ring (bicyclic) bond motifs is 8. The van der Waals surface area contributed by atoms with Gasteiger partial charge in [0.05, 0.1) is 11.0 Å². The Kier molecular flexibility index (Phi) is 12.1. The molecule has 3 N–H and O–H groups in total. The van der Waals surface area contributed by atoms with Gasteiger partial charge < -0.3 is 25.2 Å². The number of allylic oxidation sites excluding steroid dienone is 6. The van der Waals surface area contributed by atoms with E-state index in [1.54, 1.807) is 22.4 Å². The second kappa shape index (κ2) is 19.3. The van der Waals surface area contributed by atoms with E-state index in [1.165, 1.54) is 173 Å². The summed E-state index contributed by atoms with van der Waals surface area (Å²) in [6.07, 6.45) is 49.7. The van der Waals surface area contributed by atoms with Gasteiger partial charge in [-0.2, -0.15) is 0 Å². The van der Waals surface area contributed by atoms with Crippen LogP contribution in [0, 0.1) is 115 Å². The van der Waals surface area contributed by atoms with Gasteiger partial charge in [0.25, 0.3) is 0 Å². The van der Waals surface area contributed by atoms with Crippen LogP contribution in [0.5, 0.6) is 0 Å². The van der Waals surface area contributed by atoms with Crippen molar-refractivity contribution >= 4 is 11.9 Å². The number of aryl methyl sites for hydroxylation is 1. The lowest BCUT2D eigenvalue weighted by Crippen LogP contribution is -2.78. The quantitative estimate of drug-likeness (QED) is 0.227. The van der Waals surface area contributed by atoms with Crippen molar-refractivity contribution in [1.82, 2.24) is 9.80 Å². The summed E-state index contributed by atoms with van der Waals surface area (Å²) in [4.78, 5) is 39.5. The predicted molar refractivity (Wildman–Crippen MR) is 346 cm³/mol. The van der Waals surface area contributed by atoms with Crippen LogP contribution in [0.4, 0.5) is 0 Å². The van der Waals surface area contributed by atoms with Gasteiger partial charge in [-0.1, -0.05) is 112 Å². The molecule has 22 aliphatic rings. The second-order valence-electron chi connectivity index (χ2n) is 36.1. The van der Waals surface area contributed by atoms with Crippen molar-refractivity contribution < 1.29 is 24.2 Å². The third kappa shape index (κ3) is 6.84. The Labute approximate surface area is 532 Å². The Morgan fingerprint density at radius 3 is 2.45 bits per heavy atom. The minimum absolute atomic E-state index is 0.0950. The van der Waals surface area contributed by atoms with Crippen LogP contribution in [0.1, 0.15) is 247 Å². The molecule has 3 saturated heterocycles. The standard InChI is InChI=1S/C81H107N3O5/c1-47-12-7-14-51-37-55-38-60-48(2)35-53-19-21-64-56-36-49-44-83(46-56)65(57-42-77(27-5-6-28-77)78(43-57)30-11-29-76(78)25-3-4-26-76)40-66(85)72-79-32-23-59(69(60)71(53)84(64)45-49)70(55)80(79,74(87)88-72)67(81(79)63-17-8-13-50(16-10-33-82)68(63)73(86)89-81)39-61(51)54-15-9-24-75(41-54)31-22-58-52(34-47)18-20-62(58)75/h8,13,17-18,20,37,47-49,52,54-58,60-62,64-65,67,69,85H,3-7,9-12,14-16,19,21-36,38-46,82H2,1-2H3. The summed E-state index contributed by atoms with van der Waals surface area (Å²) in [5.74, 6) is 7.00. The van der Waals surface area contributed by atoms with E-state index < -0.39 is 16.4 Å². The predicted octanol–water partition coefficient (Wildman–Crippen LogP) is 16.9. The molecule has 22 atom stereocenters. The van der Waals surface area contributed by atoms with Crippen LogP contribution in [-0.4, -0.2) is 65.1 Å². The monoisotopic (exact) mass is 1200 g/mol. The van der Waals surface area contributed by atoms with Crippen LogP contribution in [0.2, 0.25) is 0 Å². The number of ether oxygens (including phenoxy) is 2. The van der Waals surface area contributed by atoms with Gasteiger partial charge in [-0.05, 0) is 277 Å². The number of rotatable bonds is 4. The van der Waals surface area contributed by atoms with Crippen LogP contribution >= 0.6 is 0 Å². The van der Waals surface area contributed by atoms with Crippen LogP contribution in [0.15, 0.2) is 75.9 Å². The highest BCUT2D eigenvalue weighted by molar-refractivity contribution is 6.00. The number of piperidine rings is 2. The third-order valence-electron chi connectivity index (χ3n) is 33.4. The van der Waals surface area contributed by atoms with E-state index in [4.69, 9.17) is 15.2 Å². The average molecular weight is 1200 g/mol. The Morgan fingerprint density at radius 1 is 0.730 bits per heavy atom. The molecule has 0 aromatic heterocycles. The van der Waals surface area contributed by atoms with Gasteiger partial charge in [0.2, 0.25) is 0 Å². The number of esters is 2. The van der Waals surface area contributed by atoms with Gasteiger partial charge in [-0.25, -0.2) is 4.79 Å². The fourth-order valence-corrected chi connectivity index (χ4v) is 31.1. The molecule has 0 radical (unpaired) electrons. The molecule has 7 spiro atoms. The molecule has 8 heteroatoms. The average Bonchev–Trinajstić information content (AvgIpc) is 1.52. The molecule has 1 aromatic carbocycles. The Morgan fingerprint density at radius 2 is 1.58 bits per heavy atom. The number of aliphatic hydroxyl groups excluding tert-OH is 1. The summed E-state index contributed by atoms with van der Waals surface area (Å²) in [6, 6.07) is 7.37. The first-order valence-electron chi connectivity index (χ1n) is 38.4. The maximum atomic E-state index is 17.4. The van der Waals surface area contributed by atoms with Gasteiger partial charge in [-0.3, -0.25) is 9.69 Å². The van der Waals surface area contributed by atoms with Crippen molar-refractivity contribution in [2.24, 2.45) is 121 Å². The molecule has 8 saturated carbocycles. The first-order valence-corrected chi connectivity index (χ1v) is 38.4. The Balaban J connectivity index is 0.833. The summed E-state index contributed by atoms with van der Waals surface area (Å²) in [5, 5.41) is 14.5. The molecular formula is C81H107N3O5. The van der Waals surface area contributed by atoms with Gasteiger partial charge >= 0.3 is 11.9 Å². The summed E-state index contributed by atoms with van der Waals surface area (Å²) in [7, 11) is 0. The highest BCUT2D eigenvalue weighted by atomic mass is 16.6. The third-order valence-corrected chi connectivity index (χ3v) is 33.4. The number of benzene rings is 1. The number of carbonyl (C=O) groups is 2. The molecule has 89 heavy (non-hydrogen) atoms. The normalized spacial score (nSPS) is 49.4. The molecule has 1 aromatic rings. The van der Waals surface area contributed by atoms with E-state index in [-0.39, 0.29) is 41.7 Å². The van der Waals surface area contributed by atoms with Crippen molar-refractivity contribution in [2.45, 2.75) is 250 Å². The first-order chi connectivity index (χ1) is 43.4. The molecule has 23 rings (SSSR count). The number of hydrogen-bond donors (Lipinski definition) is 2. The molecule has 9 aliphatic heterocycles.